The van der Waals surface area contributed by atoms with E-state index in [1.165, 1.54) is 30.3 Å². The van der Waals surface area contributed by atoms with Crippen molar-refractivity contribution in [2.45, 2.75) is 0 Å². The normalized spacial score (nSPS) is 10.9. The van der Waals surface area contributed by atoms with Crippen LogP contribution in [0, 0.1) is 21.7 Å². The van der Waals surface area contributed by atoms with Crippen molar-refractivity contribution < 1.29 is 32.0 Å². The van der Waals surface area contributed by atoms with Crippen LogP contribution in [0.4, 0.5) is 20.4 Å². The number of anilines is 1. The fraction of sp³-hybridized carbons (Fsp3) is 0. The molecule has 0 atom stereocenters. The van der Waals surface area contributed by atoms with E-state index in [0.29, 0.717) is 5.69 Å². The summed E-state index contributed by atoms with van der Waals surface area (Å²) in [6, 6.07) is 7.59. The number of benzene rings is 2. The molecule has 2 aromatic carbocycles. The largest absolute Gasteiger partial charge is 0.446 e. The summed E-state index contributed by atoms with van der Waals surface area (Å²) in [5.41, 5.74) is 5.69. The first-order valence-corrected chi connectivity index (χ1v) is 12.3. The maximum absolute atomic E-state index is 13.3. The van der Waals surface area contributed by atoms with Crippen molar-refractivity contribution >= 4 is 43.5 Å². The molecule has 6 rings (SSSR count). The fourth-order valence-corrected chi connectivity index (χ4v) is 4.03. The van der Waals surface area contributed by atoms with Gasteiger partial charge in [-0.2, -0.15) is 0 Å². The highest BCUT2D eigenvalue weighted by atomic mass is 79.9. The number of hydrogen-bond acceptors (Lipinski definition) is 15. The van der Waals surface area contributed by atoms with Crippen LogP contribution in [0.15, 0.2) is 73.2 Å². The number of nitro groups is 1. The van der Waals surface area contributed by atoms with Gasteiger partial charge in [-0.1, -0.05) is 10.3 Å². The SMILES string of the molecule is Nc1nonc1-c1noc(=O)n1-c1ccc(F)c(Br)c1.O=c1onc(-c2nonc2[N+](=O)[O-])n1-c1ccc(F)c(Br)c1. The molecular formula is C20H8Br2F2N10O8. The number of nitrogen functional groups attached to an aromatic ring is 1. The summed E-state index contributed by atoms with van der Waals surface area (Å²) >= 11 is 6.00. The lowest BCUT2D eigenvalue weighted by Gasteiger charge is -2.03. The molecule has 0 amide bonds. The Morgan fingerprint density at radius 3 is 1.69 bits per heavy atom. The Labute approximate surface area is 243 Å². The Morgan fingerprint density at radius 1 is 0.762 bits per heavy atom. The highest BCUT2D eigenvalue weighted by Gasteiger charge is 2.30. The van der Waals surface area contributed by atoms with Crippen molar-refractivity contribution in [3.8, 4) is 34.4 Å². The van der Waals surface area contributed by atoms with Crippen LogP contribution in [0.1, 0.15) is 0 Å². The van der Waals surface area contributed by atoms with Gasteiger partial charge in [0.15, 0.2) is 16.7 Å². The molecule has 22 heteroatoms. The second-order valence-electron chi connectivity index (χ2n) is 7.60. The fourth-order valence-electron chi connectivity index (χ4n) is 3.30. The maximum atomic E-state index is 13.3. The second-order valence-corrected chi connectivity index (χ2v) is 9.31. The molecule has 214 valence electrons. The van der Waals surface area contributed by atoms with Gasteiger partial charge in [-0.3, -0.25) is 9.05 Å². The van der Waals surface area contributed by atoms with Gasteiger partial charge in [0.25, 0.3) is 5.69 Å². The van der Waals surface area contributed by atoms with E-state index in [1.54, 1.807) is 0 Å². The van der Waals surface area contributed by atoms with E-state index in [4.69, 9.17) is 5.73 Å². The number of nitrogens with two attached hydrogens (primary N) is 1. The summed E-state index contributed by atoms with van der Waals surface area (Å²) in [6.07, 6.45) is 0. The van der Waals surface area contributed by atoms with Crippen LogP contribution in [0.2, 0.25) is 0 Å². The number of halogens is 4. The van der Waals surface area contributed by atoms with E-state index in [2.05, 4.69) is 81.1 Å². The first kappa shape index (κ1) is 28.2. The standard InChI is InChI=1S/C10H3BrFN5O5.C10H5BrFN5O3/c11-5-3-4(1-2-6(5)12)16-8(14-21-10(16)18)7-9(17(19)20)15-22-13-7;11-5-3-4(1-2-6(5)12)17-9(16-19-10(17)18)7-8(13)15-20-14-7/h1-3H;1-3H,(H2,13,15). The third kappa shape index (κ3) is 5.22. The average Bonchev–Trinajstić information content (AvgIpc) is 3.75. The molecule has 0 aliphatic rings. The van der Waals surface area contributed by atoms with Crippen LogP contribution in [-0.4, -0.2) is 45.0 Å². The minimum absolute atomic E-state index is 0.00672. The second kappa shape index (κ2) is 11.2. The lowest BCUT2D eigenvalue weighted by molar-refractivity contribution is -0.390. The Bertz CT molecular complexity index is 2060. The van der Waals surface area contributed by atoms with E-state index in [-0.39, 0.29) is 37.8 Å². The van der Waals surface area contributed by atoms with Crippen molar-refractivity contribution in [1.29, 1.82) is 0 Å². The van der Waals surface area contributed by atoms with E-state index in [1.807, 2.05) is 0 Å². The van der Waals surface area contributed by atoms with Crippen LogP contribution in [0.25, 0.3) is 34.4 Å². The maximum Gasteiger partial charge on any atom is 0.446 e. The smallest absolute Gasteiger partial charge is 0.379 e. The first-order chi connectivity index (χ1) is 20.1. The van der Waals surface area contributed by atoms with Gasteiger partial charge in [0.1, 0.15) is 11.6 Å². The highest BCUT2D eigenvalue weighted by molar-refractivity contribution is 9.10. The van der Waals surface area contributed by atoms with Crippen LogP contribution in [0.3, 0.4) is 0 Å². The predicted octanol–water partition coefficient (Wildman–Crippen LogP) is 3.04. The van der Waals surface area contributed by atoms with Gasteiger partial charge >= 0.3 is 17.3 Å². The van der Waals surface area contributed by atoms with Crippen LogP contribution < -0.4 is 17.2 Å². The van der Waals surface area contributed by atoms with Crippen molar-refractivity contribution in [3.05, 3.63) is 88.2 Å². The Balaban J connectivity index is 0.000000169. The summed E-state index contributed by atoms with van der Waals surface area (Å²) in [5, 5.41) is 31.3. The van der Waals surface area contributed by atoms with E-state index < -0.39 is 39.6 Å². The number of rotatable bonds is 5. The molecule has 4 aromatic heterocycles. The molecule has 0 spiro atoms. The molecule has 0 saturated heterocycles. The summed E-state index contributed by atoms with van der Waals surface area (Å²) in [5.74, 6) is -3.81. The summed E-state index contributed by atoms with van der Waals surface area (Å²) in [4.78, 5) is 33.5. The van der Waals surface area contributed by atoms with Crippen LogP contribution in [0.5, 0.6) is 0 Å². The predicted molar refractivity (Wildman–Crippen MR) is 137 cm³/mol. The van der Waals surface area contributed by atoms with Crippen molar-refractivity contribution in [3.63, 3.8) is 0 Å². The van der Waals surface area contributed by atoms with Crippen LogP contribution in [-0.2, 0) is 0 Å². The highest BCUT2D eigenvalue weighted by Crippen LogP contribution is 2.27. The molecule has 18 nitrogen and oxygen atoms in total. The molecule has 0 bridgehead atoms. The molecule has 0 fully saturated rings. The van der Waals surface area contributed by atoms with Crippen molar-refractivity contribution in [1.82, 2.24) is 40.1 Å². The van der Waals surface area contributed by atoms with E-state index in [9.17, 15) is 28.5 Å². The number of nitrogens with zero attached hydrogens (tertiary/aromatic N) is 9. The van der Waals surface area contributed by atoms with Crippen molar-refractivity contribution in [2.24, 2.45) is 0 Å². The molecular weight excluding hydrogens is 706 g/mol. The van der Waals surface area contributed by atoms with E-state index >= 15 is 0 Å². The molecule has 0 saturated carbocycles. The Morgan fingerprint density at radius 2 is 1.24 bits per heavy atom. The minimum Gasteiger partial charge on any atom is -0.379 e. The zero-order valence-corrected chi connectivity index (χ0v) is 23.0. The lowest BCUT2D eigenvalue weighted by atomic mass is 10.3. The van der Waals surface area contributed by atoms with Gasteiger partial charge in [-0.15, -0.1) is 4.63 Å². The molecule has 0 radical (unpaired) electrons. The van der Waals surface area contributed by atoms with Gasteiger partial charge < -0.3 is 15.8 Å². The van der Waals surface area contributed by atoms with Gasteiger partial charge in [-0.05, 0) is 88.7 Å². The Hall–Kier alpha value is -5.38. The lowest BCUT2D eigenvalue weighted by Crippen LogP contribution is -2.13. The van der Waals surface area contributed by atoms with Gasteiger partial charge in [-0.25, -0.2) is 32.1 Å². The van der Waals surface area contributed by atoms with Gasteiger partial charge in [0, 0.05) is 0 Å². The summed E-state index contributed by atoms with van der Waals surface area (Å²) in [7, 11) is 0. The quantitative estimate of drug-likeness (QED) is 0.199. The van der Waals surface area contributed by atoms with Crippen molar-refractivity contribution in [2.75, 3.05) is 5.73 Å². The van der Waals surface area contributed by atoms with E-state index in [0.717, 1.165) is 15.2 Å². The monoisotopic (exact) mass is 712 g/mol. The molecule has 2 N–H and O–H groups in total. The van der Waals surface area contributed by atoms with Gasteiger partial charge in [0.05, 0.1) is 20.3 Å². The third-order valence-electron chi connectivity index (χ3n) is 5.11. The molecule has 42 heavy (non-hydrogen) atoms. The van der Waals surface area contributed by atoms with Gasteiger partial charge in [0.2, 0.25) is 11.6 Å². The third-order valence-corrected chi connectivity index (χ3v) is 6.33. The zero-order valence-electron chi connectivity index (χ0n) is 19.8. The minimum atomic E-state index is -0.939. The molecule has 0 unspecified atom stereocenters. The summed E-state index contributed by atoms with van der Waals surface area (Å²) < 4.78 is 46.6. The molecule has 0 aliphatic carbocycles. The Kier molecular flexibility index (Phi) is 7.54. The topological polar surface area (TPSA) is 243 Å². The molecule has 6 aromatic rings. The zero-order chi connectivity index (χ0) is 30.1. The van der Waals surface area contributed by atoms with Crippen LogP contribution >= 0.6 is 31.9 Å². The number of aromatic nitrogens is 8. The summed E-state index contributed by atoms with van der Waals surface area (Å²) in [6.45, 7) is 0. The number of hydrogen-bond donors (Lipinski definition) is 1. The first-order valence-electron chi connectivity index (χ1n) is 10.7. The molecule has 0 aliphatic heterocycles. The average molecular weight is 714 g/mol. The molecule has 4 heterocycles.